The number of carbonyl (C=O) groups is 2. The highest BCUT2D eigenvalue weighted by Gasteiger charge is 2.21. The number of amides is 2. The summed E-state index contributed by atoms with van der Waals surface area (Å²) >= 11 is 0. The van der Waals surface area contributed by atoms with Crippen LogP contribution in [-0.2, 0) is 9.59 Å². The minimum absolute atomic E-state index is 0.0873. The van der Waals surface area contributed by atoms with Crippen molar-refractivity contribution in [1.82, 2.24) is 9.80 Å². The topological polar surface area (TPSA) is 40.6 Å². The number of hydrogen-bond acceptors (Lipinski definition) is 2. The Hall–Kier alpha value is -1.06. The highest BCUT2D eigenvalue weighted by atomic mass is 16.2. The van der Waals surface area contributed by atoms with E-state index in [0.717, 1.165) is 38.8 Å². The molecule has 0 bridgehead atoms. The summed E-state index contributed by atoms with van der Waals surface area (Å²) in [5.74, 6) is 0.215. The van der Waals surface area contributed by atoms with E-state index < -0.39 is 0 Å². The van der Waals surface area contributed by atoms with Gasteiger partial charge in [0.05, 0.1) is 0 Å². The summed E-state index contributed by atoms with van der Waals surface area (Å²) < 4.78 is 0. The molecule has 0 aliphatic carbocycles. The Labute approximate surface area is 137 Å². The lowest BCUT2D eigenvalue weighted by atomic mass is 10.1. The fraction of sp³-hybridized carbons (Fsp3) is 0.889. The van der Waals surface area contributed by atoms with Crippen LogP contribution in [0.2, 0.25) is 0 Å². The predicted molar refractivity (Wildman–Crippen MR) is 92.7 cm³/mol. The summed E-state index contributed by atoms with van der Waals surface area (Å²) in [5.41, 5.74) is 0. The van der Waals surface area contributed by atoms with Crippen molar-refractivity contribution in [2.24, 2.45) is 0 Å². The molecule has 0 fully saturated rings. The zero-order chi connectivity index (χ0) is 17.1. The Bertz CT molecular complexity index is 311. The SMILES string of the molecule is CCCCN(CCCC)C(=O)CCC(=O)N(C(C)C)C(C)C. The molecule has 0 N–H and O–H groups in total. The van der Waals surface area contributed by atoms with Crippen molar-refractivity contribution >= 4 is 11.8 Å². The summed E-state index contributed by atoms with van der Waals surface area (Å²) in [6.07, 6.45) is 4.90. The maximum absolute atomic E-state index is 12.4. The average molecular weight is 312 g/mol. The summed E-state index contributed by atoms with van der Waals surface area (Å²) in [6.45, 7) is 14.0. The molecule has 0 saturated heterocycles. The molecule has 22 heavy (non-hydrogen) atoms. The molecule has 0 aliphatic rings. The van der Waals surface area contributed by atoms with Gasteiger partial charge in [-0.3, -0.25) is 9.59 Å². The Morgan fingerprint density at radius 1 is 0.773 bits per heavy atom. The first-order chi connectivity index (χ1) is 10.3. The van der Waals surface area contributed by atoms with Crippen molar-refractivity contribution in [3.63, 3.8) is 0 Å². The molecule has 2 amide bonds. The highest BCUT2D eigenvalue weighted by Crippen LogP contribution is 2.10. The van der Waals surface area contributed by atoms with E-state index in [1.165, 1.54) is 0 Å². The standard InChI is InChI=1S/C18H36N2O2/c1-7-9-13-19(14-10-8-2)17(21)11-12-18(22)20(15(3)4)16(5)6/h15-16H,7-14H2,1-6H3. The van der Waals surface area contributed by atoms with E-state index in [1.807, 2.05) is 37.5 Å². The number of rotatable bonds is 11. The first-order valence-electron chi connectivity index (χ1n) is 8.94. The smallest absolute Gasteiger partial charge is 0.223 e. The molecule has 130 valence electrons. The molecule has 0 heterocycles. The first-order valence-corrected chi connectivity index (χ1v) is 8.94. The van der Waals surface area contributed by atoms with Crippen LogP contribution in [0.3, 0.4) is 0 Å². The van der Waals surface area contributed by atoms with E-state index >= 15 is 0 Å². The number of unbranched alkanes of at least 4 members (excludes halogenated alkanes) is 2. The van der Waals surface area contributed by atoms with Crippen molar-refractivity contribution in [3.05, 3.63) is 0 Å². The van der Waals surface area contributed by atoms with Crippen LogP contribution in [0.15, 0.2) is 0 Å². The third kappa shape index (κ3) is 7.81. The monoisotopic (exact) mass is 312 g/mol. The van der Waals surface area contributed by atoms with Gasteiger partial charge in [-0.2, -0.15) is 0 Å². The lowest BCUT2D eigenvalue weighted by molar-refractivity contribution is -0.139. The molecule has 0 unspecified atom stereocenters. The van der Waals surface area contributed by atoms with Crippen molar-refractivity contribution in [2.45, 2.75) is 92.2 Å². The maximum Gasteiger partial charge on any atom is 0.223 e. The van der Waals surface area contributed by atoms with E-state index in [1.54, 1.807) is 0 Å². The Kier molecular flexibility index (Phi) is 10.9. The van der Waals surface area contributed by atoms with Gasteiger partial charge in [0.1, 0.15) is 0 Å². The summed E-state index contributed by atoms with van der Waals surface area (Å²) in [7, 11) is 0. The first kappa shape index (κ1) is 20.9. The largest absolute Gasteiger partial charge is 0.343 e. The molecule has 0 spiro atoms. The number of nitrogens with zero attached hydrogens (tertiary/aromatic N) is 2. The van der Waals surface area contributed by atoms with Gasteiger partial charge in [-0.25, -0.2) is 0 Å². The number of hydrogen-bond donors (Lipinski definition) is 0. The van der Waals surface area contributed by atoms with Crippen LogP contribution in [0, 0.1) is 0 Å². The van der Waals surface area contributed by atoms with E-state index in [9.17, 15) is 9.59 Å². The van der Waals surface area contributed by atoms with Gasteiger partial charge in [-0.05, 0) is 40.5 Å². The lowest BCUT2D eigenvalue weighted by Gasteiger charge is -2.31. The molecular weight excluding hydrogens is 276 g/mol. The van der Waals surface area contributed by atoms with Gasteiger partial charge in [0, 0.05) is 38.0 Å². The molecule has 0 aromatic carbocycles. The second-order valence-electron chi connectivity index (χ2n) is 6.58. The fourth-order valence-electron chi connectivity index (χ4n) is 2.73. The predicted octanol–water partition coefficient (Wildman–Crippen LogP) is 3.84. The maximum atomic E-state index is 12.4. The van der Waals surface area contributed by atoms with Gasteiger partial charge in [0.2, 0.25) is 11.8 Å². The fourth-order valence-corrected chi connectivity index (χ4v) is 2.73. The van der Waals surface area contributed by atoms with Gasteiger partial charge < -0.3 is 9.80 Å². The van der Waals surface area contributed by atoms with Gasteiger partial charge in [0.25, 0.3) is 0 Å². The molecule has 4 heteroatoms. The van der Waals surface area contributed by atoms with E-state index in [-0.39, 0.29) is 23.9 Å². The minimum atomic E-state index is 0.0873. The van der Waals surface area contributed by atoms with Crippen LogP contribution in [0.1, 0.15) is 80.1 Å². The molecule has 0 saturated carbocycles. The molecule has 0 aromatic heterocycles. The van der Waals surface area contributed by atoms with Gasteiger partial charge in [-0.15, -0.1) is 0 Å². The zero-order valence-corrected chi connectivity index (χ0v) is 15.5. The van der Waals surface area contributed by atoms with Crippen LogP contribution < -0.4 is 0 Å². The van der Waals surface area contributed by atoms with Crippen molar-refractivity contribution in [2.75, 3.05) is 13.1 Å². The van der Waals surface area contributed by atoms with Crippen LogP contribution in [0.25, 0.3) is 0 Å². The van der Waals surface area contributed by atoms with Gasteiger partial charge >= 0.3 is 0 Å². The summed E-state index contributed by atoms with van der Waals surface area (Å²) in [5, 5.41) is 0. The summed E-state index contributed by atoms with van der Waals surface area (Å²) in [6, 6.07) is 0.359. The average Bonchev–Trinajstić information content (AvgIpc) is 2.44. The van der Waals surface area contributed by atoms with Gasteiger partial charge in [0.15, 0.2) is 0 Å². The molecule has 0 aromatic rings. The van der Waals surface area contributed by atoms with Crippen LogP contribution in [0.5, 0.6) is 0 Å². The second kappa shape index (κ2) is 11.5. The zero-order valence-electron chi connectivity index (χ0n) is 15.5. The van der Waals surface area contributed by atoms with Crippen LogP contribution >= 0.6 is 0 Å². The van der Waals surface area contributed by atoms with E-state index in [4.69, 9.17) is 0 Å². The molecular formula is C18H36N2O2. The molecule has 4 nitrogen and oxygen atoms in total. The van der Waals surface area contributed by atoms with Crippen molar-refractivity contribution < 1.29 is 9.59 Å². The van der Waals surface area contributed by atoms with Crippen LogP contribution in [0.4, 0.5) is 0 Å². The normalized spacial score (nSPS) is 11.1. The molecule has 0 rings (SSSR count). The molecule has 0 atom stereocenters. The van der Waals surface area contributed by atoms with Crippen molar-refractivity contribution in [1.29, 1.82) is 0 Å². The third-order valence-corrected chi connectivity index (χ3v) is 3.87. The quantitative estimate of drug-likeness (QED) is 0.581. The Balaban J connectivity index is 4.49. The second-order valence-corrected chi connectivity index (χ2v) is 6.58. The number of carbonyl (C=O) groups excluding carboxylic acids is 2. The third-order valence-electron chi connectivity index (χ3n) is 3.87. The van der Waals surface area contributed by atoms with Crippen LogP contribution in [-0.4, -0.2) is 46.8 Å². The lowest BCUT2D eigenvalue weighted by Crippen LogP contribution is -2.42. The molecule has 0 radical (unpaired) electrons. The van der Waals surface area contributed by atoms with E-state index in [2.05, 4.69) is 13.8 Å². The molecule has 0 aliphatic heterocycles. The van der Waals surface area contributed by atoms with Gasteiger partial charge in [-0.1, -0.05) is 26.7 Å². The Morgan fingerprint density at radius 3 is 1.55 bits per heavy atom. The highest BCUT2D eigenvalue weighted by molar-refractivity contribution is 5.84. The minimum Gasteiger partial charge on any atom is -0.343 e. The van der Waals surface area contributed by atoms with E-state index in [0.29, 0.717) is 12.8 Å². The summed E-state index contributed by atoms with van der Waals surface area (Å²) in [4.78, 5) is 28.5. The van der Waals surface area contributed by atoms with Crippen molar-refractivity contribution in [3.8, 4) is 0 Å². The Morgan fingerprint density at radius 2 is 1.18 bits per heavy atom.